The number of benzene rings is 1. The minimum absolute atomic E-state index is 0.151. The summed E-state index contributed by atoms with van der Waals surface area (Å²) in [6.07, 6.45) is 0.849. The number of anilines is 2. The highest BCUT2D eigenvalue weighted by Gasteiger charge is 2.53. The number of carbonyl (C=O) groups is 1. The van der Waals surface area contributed by atoms with E-state index in [-0.39, 0.29) is 17.8 Å². The SMILES string of the molecule is CC(C)(C)OC(=O)N1Cc2cc(Cl)ccc2-n2c(nnc2N2CC3(CN(c4ccc(F)cn4)C3)C2)C1. The molecule has 3 aliphatic heterocycles. The van der Waals surface area contributed by atoms with Crippen molar-refractivity contribution in [3.8, 4) is 5.69 Å². The summed E-state index contributed by atoms with van der Waals surface area (Å²) in [5.74, 6) is 1.89. The van der Waals surface area contributed by atoms with Crippen molar-refractivity contribution in [1.82, 2.24) is 24.6 Å². The molecule has 0 bridgehead atoms. The van der Waals surface area contributed by atoms with Gasteiger partial charge in [0.2, 0.25) is 5.95 Å². The van der Waals surface area contributed by atoms with Crippen molar-refractivity contribution in [3.05, 3.63) is 58.8 Å². The van der Waals surface area contributed by atoms with Gasteiger partial charge in [-0.25, -0.2) is 14.2 Å². The second-order valence-corrected chi connectivity index (χ2v) is 11.3. The molecule has 1 aromatic carbocycles. The van der Waals surface area contributed by atoms with E-state index >= 15 is 0 Å². The van der Waals surface area contributed by atoms with Crippen LogP contribution in [0.1, 0.15) is 32.2 Å². The van der Waals surface area contributed by atoms with Crippen molar-refractivity contribution in [2.45, 2.75) is 39.5 Å². The average Bonchev–Trinajstić information content (AvgIpc) is 3.07. The molecule has 11 heteroatoms. The molecule has 188 valence electrons. The standard InChI is InChI=1S/C25H27ClFN7O2/c1-24(2,3)36-23(35)31-10-16-8-17(26)4-6-19(16)34-21(11-31)29-30-22(34)33-14-25(15-33)12-32(13-25)20-7-5-18(27)9-28-20/h4-9H,10-15H2,1-3H3. The first-order chi connectivity index (χ1) is 17.1. The second-order valence-electron chi connectivity index (χ2n) is 10.9. The van der Waals surface area contributed by atoms with Crippen LogP contribution < -0.4 is 9.80 Å². The van der Waals surface area contributed by atoms with Crippen LogP contribution in [0.15, 0.2) is 36.5 Å². The van der Waals surface area contributed by atoms with E-state index in [0.29, 0.717) is 17.4 Å². The van der Waals surface area contributed by atoms with Gasteiger partial charge >= 0.3 is 6.09 Å². The van der Waals surface area contributed by atoms with Crippen molar-refractivity contribution < 1.29 is 13.9 Å². The van der Waals surface area contributed by atoms with Crippen molar-refractivity contribution in [2.75, 3.05) is 36.0 Å². The molecule has 5 heterocycles. The summed E-state index contributed by atoms with van der Waals surface area (Å²) in [6, 6.07) is 8.83. The number of pyridine rings is 1. The van der Waals surface area contributed by atoms with Gasteiger partial charge in [0.25, 0.3) is 0 Å². The number of amides is 1. The van der Waals surface area contributed by atoms with Crippen LogP contribution in [0, 0.1) is 11.2 Å². The third-order valence-electron chi connectivity index (χ3n) is 6.76. The van der Waals surface area contributed by atoms with Gasteiger partial charge in [0.15, 0.2) is 5.82 Å². The van der Waals surface area contributed by atoms with Crippen molar-refractivity contribution in [3.63, 3.8) is 0 Å². The van der Waals surface area contributed by atoms with Crippen LogP contribution in [0.3, 0.4) is 0 Å². The Hall–Kier alpha value is -3.40. The zero-order chi connectivity index (χ0) is 25.2. The molecule has 0 radical (unpaired) electrons. The zero-order valence-electron chi connectivity index (χ0n) is 20.4. The van der Waals surface area contributed by atoms with Crippen LogP contribution >= 0.6 is 11.6 Å². The first-order valence-electron chi connectivity index (χ1n) is 11.9. The zero-order valence-corrected chi connectivity index (χ0v) is 21.2. The molecule has 6 rings (SSSR count). The quantitative estimate of drug-likeness (QED) is 0.514. The first kappa shape index (κ1) is 23.0. The van der Waals surface area contributed by atoms with Crippen LogP contribution in [-0.4, -0.2) is 62.5 Å². The van der Waals surface area contributed by atoms with E-state index in [9.17, 15) is 9.18 Å². The minimum atomic E-state index is -0.606. The van der Waals surface area contributed by atoms with Crippen LogP contribution in [0.2, 0.25) is 5.02 Å². The number of carbonyl (C=O) groups excluding carboxylic acids is 1. The normalized spacial score (nSPS) is 18.2. The molecule has 2 fully saturated rings. The molecule has 1 spiro atoms. The van der Waals surface area contributed by atoms with E-state index in [1.807, 2.05) is 43.5 Å². The fraction of sp³-hybridized carbons (Fsp3) is 0.440. The molecule has 0 N–H and O–H groups in total. The Morgan fingerprint density at radius 2 is 1.81 bits per heavy atom. The Morgan fingerprint density at radius 3 is 2.50 bits per heavy atom. The van der Waals surface area contributed by atoms with Gasteiger partial charge in [-0.15, -0.1) is 10.2 Å². The number of rotatable bonds is 2. The summed E-state index contributed by atoms with van der Waals surface area (Å²) in [7, 11) is 0. The number of hydrogen-bond donors (Lipinski definition) is 0. The number of aromatic nitrogens is 4. The fourth-order valence-corrected chi connectivity index (χ4v) is 5.43. The van der Waals surface area contributed by atoms with Crippen LogP contribution in [0.25, 0.3) is 5.69 Å². The summed E-state index contributed by atoms with van der Waals surface area (Å²) in [5, 5.41) is 9.59. The van der Waals surface area contributed by atoms with Gasteiger partial charge in [-0.2, -0.15) is 0 Å². The predicted molar refractivity (Wildman–Crippen MR) is 133 cm³/mol. The molecule has 0 aliphatic carbocycles. The Bertz CT molecular complexity index is 1320. The highest BCUT2D eigenvalue weighted by Crippen LogP contribution is 2.44. The van der Waals surface area contributed by atoms with Gasteiger partial charge in [-0.3, -0.25) is 9.47 Å². The lowest BCUT2D eigenvalue weighted by Crippen LogP contribution is -2.73. The molecule has 0 saturated carbocycles. The monoisotopic (exact) mass is 511 g/mol. The Kier molecular flexibility index (Phi) is 5.15. The summed E-state index contributed by atoms with van der Waals surface area (Å²) >= 11 is 6.33. The van der Waals surface area contributed by atoms with Crippen LogP contribution in [0.5, 0.6) is 0 Å². The molecule has 3 aromatic rings. The van der Waals surface area contributed by atoms with E-state index in [0.717, 1.165) is 49.2 Å². The van der Waals surface area contributed by atoms with E-state index < -0.39 is 11.7 Å². The largest absolute Gasteiger partial charge is 0.444 e. The minimum Gasteiger partial charge on any atom is -0.444 e. The Balaban J connectivity index is 1.24. The maximum atomic E-state index is 13.2. The second kappa shape index (κ2) is 8.06. The molecular weight excluding hydrogens is 485 g/mol. The van der Waals surface area contributed by atoms with Crippen LogP contribution in [0.4, 0.5) is 21.0 Å². The third kappa shape index (κ3) is 4.03. The third-order valence-corrected chi connectivity index (χ3v) is 7.00. The van der Waals surface area contributed by atoms with Gasteiger partial charge in [-0.1, -0.05) is 11.6 Å². The van der Waals surface area contributed by atoms with Crippen molar-refractivity contribution in [2.24, 2.45) is 5.41 Å². The molecule has 2 aromatic heterocycles. The highest BCUT2D eigenvalue weighted by molar-refractivity contribution is 6.30. The number of fused-ring (bicyclic) bond motifs is 3. The lowest BCUT2D eigenvalue weighted by atomic mass is 9.73. The van der Waals surface area contributed by atoms with Gasteiger partial charge in [0.1, 0.15) is 17.2 Å². The number of hydrogen-bond acceptors (Lipinski definition) is 7. The molecule has 36 heavy (non-hydrogen) atoms. The molecule has 1 amide bonds. The maximum Gasteiger partial charge on any atom is 0.411 e. The average molecular weight is 512 g/mol. The topological polar surface area (TPSA) is 79.6 Å². The Labute approximate surface area is 213 Å². The van der Waals surface area contributed by atoms with E-state index in [2.05, 4.69) is 25.0 Å². The molecule has 0 atom stereocenters. The van der Waals surface area contributed by atoms with Gasteiger partial charge < -0.3 is 14.5 Å². The summed E-state index contributed by atoms with van der Waals surface area (Å²) in [5.41, 5.74) is 1.36. The van der Waals surface area contributed by atoms with Gasteiger partial charge in [0.05, 0.1) is 25.0 Å². The summed E-state index contributed by atoms with van der Waals surface area (Å²) in [4.78, 5) is 23.2. The van der Waals surface area contributed by atoms with Crippen LogP contribution in [-0.2, 0) is 17.8 Å². The predicted octanol–water partition coefficient (Wildman–Crippen LogP) is 4.03. The lowest BCUT2D eigenvalue weighted by molar-refractivity contribution is 0.0214. The highest BCUT2D eigenvalue weighted by atomic mass is 35.5. The summed E-state index contributed by atoms with van der Waals surface area (Å²) in [6.45, 7) is 9.58. The molecular formula is C25H27ClFN7O2. The molecule has 0 unspecified atom stereocenters. The van der Waals surface area contributed by atoms with E-state index in [1.54, 1.807) is 11.0 Å². The van der Waals surface area contributed by atoms with E-state index in [1.165, 1.54) is 12.3 Å². The smallest absolute Gasteiger partial charge is 0.411 e. The molecule has 3 aliphatic rings. The van der Waals surface area contributed by atoms with Gasteiger partial charge in [-0.05, 0) is 56.7 Å². The fourth-order valence-electron chi connectivity index (χ4n) is 5.23. The molecule has 2 saturated heterocycles. The first-order valence-corrected chi connectivity index (χ1v) is 12.3. The molecule has 9 nitrogen and oxygen atoms in total. The van der Waals surface area contributed by atoms with Gasteiger partial charge in [0, 0.05) is 36.6 Å². The Morgan fingerprint density at radius 1 is 1.06 bits per heavy atom. The van der Waals surface area contributed by atoms with Crippen molar-refractivity contribution >= 4 is 29.5 Å². The van der Waals surface area contributed by atoms with E-state index in [4.69, 9.17) is 16.3 Å². The number of nitrogens with zero attached hydrogens (tertiary/aromatic N) is 7. The number of ether oxygens (including phenoxy) is 1. The lowest BCUT2D eigenvalue weighted by Gasteiger charge is -2.60. The maximum absolute atomic E-state index is 13.2. The number of halogens is 2. The van der Waals surface area contributed by atoms with Crippen molar-refractivity contribution in [1.29, 1.82) is 0 Å². The summed E-state index contributed by atoms with van der Waals surface area (Å²) < 4.78 is 20.9.